The summed E-state index contributed by atoms with van der Waals surface area (Å²) >= 11 is 6.01. The number of hydrogen-bond donors (Lipinski definition) is 1. The van der Waals surface area contributed by atoms with Crippen molar-refractivity contribution < 1.29 is 4.74 Å². The van der Waals surface area contributed by atoms with Crippen LogP contribution in [0.5, 0.6) is 0 Å². The Morgan fingerprint density at radius 3 is 3.06 bits per heavy atom. The van der Waals surface area contributed by atoms with Crippen molar-refractivity contribution >= 4 is 11.6 Å². The van der Waals surface area contributed by atoms with Gasteiger partial charge in [0.1, 0.15) is 0 Å². The Morgan fingerprint density at radius 1 is 1.53 bits per heavy atom. The number of aryl methyl sites for hydroxylation is 1. The molecular formula is C14H20ClNO. The number of fused-ring (bicyclic) bond motifs is 1. The molecule has 0 aromatic heterocycles. The summed E-state index contributed by atoms with van der Waals surface area (Å²) in [5, 5.41) is 4.52. The third-order valence-corrected chi connectivity index (χ3v) is 3.72. The smallest absolute Gasteiger partial charge is 0.0615 e. The van der Waals surface area contributed by atoms with Crippen molar-refractivity contribution in [1.29, 1.82) is 0 Å². The number of benzene rings is 1. The Morgan fingerprint density at radius 2 is 2.35 bits per heavy atom. The molecular weight excluding hydrogens is 234 g/mol. The average molecular weight is 254 g/mol. The van der Waals surface area contributed by atoms with Gasteiger partial charge in [-0.25, -0.2) is 0 Å². The van der Waals surface area contributed by atoms with Crippen molar-refractivity contribution in [2.24, 2.45) is 0 Å². The molecule has 2 unspecified atom stereocenters. The maximum Gasteiger partial charge on any atom is 0.0615 e. The van der Waals surface area contributed by atoms with Crippen LogP contribution in [0, 0.1) is 0 Å². The highest BCUT2D eigenvalue weighted by molar-refractivity contribution is 6.30. The largest absolute Gasteiger partial charge is 0.383 e. The van der Waals surface area contributed by atoms with E-state index in [2.05, 4.69) is 24.4 Å². The Kier molecular flexibility index (Phi) is 4.43. The lowest BCUT2D eigenvalue weighted by molar-refractivity contribution is 0.158. The molecule has 94 valence electrons. The molecule has 2 rings (SSSR count). The van der Waals surface area contributed by atoms with Gasteiger partial charge in [-0.15, -0.1) is 0 Å². The van der Waals surface area contributed by atoms with Crippen LogP contribution >= 0.6 is 11.6 Å². The first-order chi connectivity index (χ1) is 8.24. The second-order valence-electron chi connectivity index (χ2n) is 4.66. The first-order valence-electron chi connectivity index (χ1n) is 6.28. The summed E-state index contributed by atoms with van der Waals surface area (Å²) < 4.78 is 5.23. The molecule has 2 atom stereocenters. The summed E-state index contributed by atoms with van der Waals surface area (Å²) in [5.41, 5.74) is 2.80. The summed E-state index contributed by atoms with van der Waals surface area (Å²) in [7, 11) is 1.76. The number of hydrogen-bond acceptors (Lipinski definition) is 2. The van der Waals surface area contributed by atoms with Gasteiger partial charge in [0, 0.05) is 24.2 Å². The molecule has 1 N–H and O–H groups in total. The third kappa shape index (κ3) is 3.01. The molecule has 17 heavy (non-hydrogen) atoms. The first-order valence-corrected chi connectivity index (χ1v) is 6.65. The molecule has 0 saturated carbocycles. The highest BCUT2D eigenvalue weighted by Crippen LogP contribution is 2.33. The zero-order chi connectivity index (χ0) is 12.3. The summed E-state index contributed by atoms with van der Waals surface area (Å²) in [6.07, 6.45) is 3.38. The van der Waals surface area contributed by atoms with Gasteiger partial charge in [-0.2, -0.15) is 0 Å². The van der Waals surface area contributed by atoms with Gasteiger partial charge in [-0.3, -0.25) is 0 Å². The standard InChI is InChI=1S/C14H20ClNO/c1-3-12(9-17-2)16-14-7-4-10-8-11(15)5-6-13(10)14/h5-6,8,12,14,16H,3-4,7,9H2,1-2H3. The molecule has 0 fully saturated rings. The third-order valence-electron chi connectivity index (χ3n) is 3.48. The topological polar surface area (TPSA) is 21.3 Å². The highest BCUT2D eigenvalue weighted by Gasteiger charge is 2.24. The second-order valence-corrected chi connectivity index (χ2v) is 5.10. The lowest BCUT2D eigenvalue weighted by atomic mass is 10.1. The summed E-state index contributed by atoms with van der Waals surface area (Å²) in [5.74, 6) is 0. The summed E-state index contributed by atoms with van der Waals surface area (Å²) in [6, 6.07) is 7.13. The van der Waals surface area contributed by atoms with Crippen LogP contribution in [0.1, 0.15) is 36.9 Å². The van der Waals surface area contributed by atoms with E-state index in [1.807, 2.05) is 6.07 Å². The van der Waals surface area contributed by atoms with E-state index >= 15 is 0 Å². The molecule has 3 heteroatoms. The maximum atomic E-state index is 6.01. The molecule has 1 aliphatic rings. The highest BCUT2D eigenvalue weighted by atomic mass is 35.5. The van der Waals surface area contributed by atoms with Crippen LogP contribution in [-0.2, 0) is 11.2 Å². The van der Waals surface area contributed by atoms with Gasteiger partial charge < -0.3 is 10.1 Å². The molecule has 1 aliphatic carbocycles. The van der Waals surface area contributed by atoms with Crippen LogP contribution in [0.4, 0.5) is 0 Å². The van der Waals surface area contributed by atoms with Crippen LogP contribution in [0.25, 0.3) is 0 Å². The van der Waals surface area contributed by atoms with E-state index < -0.39 is 0 Å². The molecule has 2 nitrogen and oxygen atoms in total. The van der Waals surface area contributed by atoms with Gasteiger partial charge in [-0.1, -0.05) is 24.6 Å². The van der Waals surface area contributed by atoms with Gasteiger partial charge in [0.05, 0.1) is 6.61 Å². The fraction of sp³-hybridized carbons (Fsp3) is 0.571. The van der Waals surface area contributed by atoms with Gasteiger partial charge in [-0.05, 0) is 42.5 Å². The minimum Gasteiger partial charge on any atom is -0.383 e. The maximum absolute atomic E-state index is 6.01. The molecule has 0 amide bonds. The first kappa shape index (κ1) is 12.9. The number of halogens is 1. The quantitative estimate of drug-likeness (QED) is 0.869. The number of rotatable bonds is 5. The zero-order valence-electron chi connectivity index (χ0n) is 10.5. The predicted molar refractivity (Wildman–Crippen MR) is 71.6 cm³/mol. The molecule has 1 aromatic rings. The Hall–Kier alpha value is -0.570. The monoisotopic (exact) mass is 253 g/mol. The molecule has 0 bridgehead atoms. The van der Waals surface area contributed by atoms with E-state index in [4.69, 9.17) is 16.3 Å². The van der Waals surface area contributed by atoms with Crippen LogP contribution in [0.15, 0.2) is 18.2 Å². The summed E-state index contributed by atoms with van der Waals surface area (Å²) in [4.78, 5) is 0. The molecule has 0 radical (unpaired) electrons. The van der Waals surface area contributed by atoms with Gasteiger partial charge in [0.2, 0.25) is 0 Å². The number of ether oxygens (including phenoxy) is 1. The predicted octanol–water partition coefficient (Wildman–Crippen LogP) is 3.34. The minimum absolute atomic E-state index is 0.437. The lowest BCUT2D eigenvalue weighted by Crippen LogP contribution is -2.34. The van der Waals surface area contributed by atoms with Crippen molar-refractivity contribution in [3.05, 3.63) is 34.3 Å². The van der Waals surface area contributed by atoms with Gasteiger partial charge in [0.25, 0.3) is 0 Å². The zero-order valence-corrected chi connectivity index (χ0v) is 11.3. The van der Waals surface area contributed by atoms with E-state index in [-0.39, 0.29) is 0 Å². The van der Waals surface area contributed by atoms with Crippen molar-refractivity contribution in [3.63, 3.8) is 0 Å². The molecule has 0 saturated heterocycles. The van der Waals surface area contributed by atoms with Crippen molar-refractivity contribution in [2.45, 2.75) is 38.3 Å². The van der Waals surface area contributed by atoms with Crippen LogP contribution in [0.3, 0.4) is 0 Å². The molecule has 1 aromatic carbocycles. The van der Waals surface area contributed by atoms with Gasteiger partial charge in [0.15, 0.2) is 0 Å². The second kappa shape index (κ2) is 5.85. The fourth-order valence-electron chi connectivity index (χ4n) is 2.53. The van der Waals surface area contributed by atoms with Crippen LogP contribution in [-0.4, -0.2) is 19.8 Å². The SMILES string of the molecule is CCC(COC)NC1CCc2cc(Cl)ccc21. The van der Waals surface area contributed by atoms with E-state index in [9.17, 15) is 0 Å². The number of methoxy groups -OCH3 is 1. The molecule has 0 heterocycles. The van der Waals surface area contributed by atoms with Crippen LogP contribution in [0.2, 0.25) is 5.02 Å². The Bertz CT molecular complexity index is 380. The Balaban J connectivity index is 2.06. The van der Waals surface area contributed by atoms with E-state index in [1.165, 1.54) is 11.1 Å². The van der Waals surface area contributed by atoms with E-state index in [0.29, 0.717) is 12.1 Å². The Labute approximate surface area is 108 Å². The fourth-order valence-corrected chi connectivity index (χ4v) is 2.72. The van der Waals surface area contributed by atoms with Crippen molar-refractivity contribution in [3.8, 4) is 0 Å². The van der Waals surface area contributed by atoms with Crippen molar-refractivity contribution in [1.82, 2.24) is 5.32 Å². The molecule has 0 aliphatic heterocycles. The van der Waals surface area contributed by atoms with Gasteiger partial charge >= 0.3 is 0 Å². The minimum atomic E-state index is 0.437. The van der Waals surface area contributed by atoms with Crippen LogP contribution < -0.4 is 5.32 Å². The normalized spacial score (nSPS) is 20.3. The lowest BCUT2D eigenvalue weighted by Gasteiger charge is -2.22. The molecule has 0 spiro atoms. The summed E-state index contributed by atoms with van der Waals surface area (Å²) in [6.45, 7) is 2.96. The number of nitrogens with one attached hydrogen (secondary N) is 1. The average Bonchev–Trinajstić information content (AvgIpc) is 2.71. The van der Waals surface area contributed by atoms with E-state index in [0.717, 1.165) is 30.9 Å². The van der Waals surface area contributed by atoms with E-state index in [1.54, 1.807) is 7.11 Å². The van der Waals surface area contributed by atoms with Crippen molar-refractivity contribution in [2.75, 3.05) is 13.7 Å².